The summed E-state index contributed by atoms with van der Waals surface area (Å²) in [6.45, 7) is 12.1. The van der Waals surface area contributed by atoms with Gasteiger partial charge in [0.05, 0.1) is 5.69 Å². The quantitative estimate of drug-likeness (QED) is 0.501. The van der Waals surface area contributed by atoms with Crippen LogP contribution in [0.1, 0.15) is 50.1 Å². The van der Waals surface area contributed by atoms with Gasteiger partial charge in [-0.1, -0.05) is 49.3 Å². The minimum absolute atomic E-state index is 0.370. The highest BCUT2D eigenvalue weighted by Gasteiger charge is 2.22. The number of nitrogens with one attached hydrogen (secondary N) is 2. The molecular weight excluding hydrogens is 362 g/mol. The maximum absolute atomic E-state index is 5.39. The van der Waals surface area contributed by atoms with Crippen LogP contribution < -0.4 is 10.6 Å². The van der Waals surface area contributed by atoms with E-state index in [1.807, 2.05) is 6.07 Å². The van der Waals surface area contributed by atoms with Crippen molar-refractivity contribution in [1.82, 2.24) is 20.7 Å². The van der Waals surface area contributed by atoms with Gasteiger partial charge in [0.25, 0.3) is 0 Å². The molecule has 0 spiro atoms. The first kappa shape index (κ1) is 21.4. The zero-order valence-corrected chi connectivity index (χ0v) is 18.0. The van der Waals surface area contributed by atoms with Gasteiger partial charge < -0.3 is 20.1 Å². The van der Waals surface area contributed by atoms with Gasteiger partial charge in [0.1, 0.15) is 6.54 Å². The lowest BCUT2D eigenvalue weighted by molar-refractivity contribution is 0.328. The first-order chi connectivity index (χ1) is 14.1. The summed E-state index contributed by atoms with van der Waals surface area (Å²) in [6.07, 6.45) is 2.36. The lowest BCUT2D eigenvalue weighted by atomic mass is 10.1. The molecule has 2 aromatic rings. The van der Waals surface area contributed by atoms with E-state index in [2.05, 4.69) is 76.8 Å². The third kappa shape index (κ3) is 6.89. The fourth-order valence-electron chi connectivity index (χ4n) is 3.63. The zero-order valence-electron chi connectivity index (χ0n) is 18.0. The van der Waals surface area contributed by atoms with E-state index in [0.29, 0.717) is 18.4 Å². The summed E-state index contributed by atoms with van der Waals surface area (Å²) in [5.41, 5.74) is 2.40. The molecule has 0 amide bonds. The summed E-state index contributed by atoms with van der Waals surface area (Å²) in [4.78, 5) is 7.23. The van der Waals surface area contributed by atoms with Gasteiger partial charge in [-0.05, 0) is 43.7 Å². The average molecular weight is 398 g/mol. The number of likely N-dealkylation sites (tertiary alicyclic amines) is 1. The average Bonchev–Trinajstić information content (AvgIpc) is 3.39. The minimum atomic E-state index is 0.370. The third-order valence-electron chi connectivity index (χ3n) is 5.39. The molecule has 1 aromatic heterocycles. The van der Waals surface area contributed by atoms with Gasteiger partial charge in [-0.2, -0.15) is 0 Å². The SMILES string of the molecule is CCNC(=NCc1cc(C(C)C)no1)NCC1CCN(CCc2ccccc2)C1. The van der Waals surface area contributed by atoms with E-state index in [9.17, 15) is 0 Å². The standard InChI is InChI=1S/C23H35N5O/c1-4-24-23(26-16-21-14-22(18(2)3)27-29-21)25-15-20-11-13-28(17-20)12-10-19-8-6-5-7-9-19/h5-9,14,18,20H,4,10-13,15-17H2,1-3H3,(H2,24,25,26). The number of benzene rings is 1. The predicted molar refractivity (Wildman–Crippen MR) is 118 cm³/mol. The van der Waals surface area contributed by atoms with Gasteiger partial charge in [-0.3, -0.25) is 0 Å². The Kier molecular flexibility index (Phi) is 8.11. The Bertz CT molecular complexity index is 756. The normalized spacial score (nSPS) is 17.8. The van der Waals surface area contributed by atoms with E-state index in [-0.39, 0.29) is 0 Å². The van der Waals surface area contributed by atoms with Crippen molar-refractivity contribution < 1.29 is 4.52 Å². The first-order valence-corrected chi connectivity index (χ1v) is 10.9. The number of nitrogens with zero attached hydrogens (tertiary/aromatic N) is 3. The summed E-state index contributed by atoms with van der Waals surface area (Å²) >= 11 is 0. The van der Waals surface area contributed by atoms with E-state index in [1.54, 1.807) is 0 Å². The van der Waals surface area contributed by atoms with Crippen molar-refractivity contribution >= 4 is 5.96 Å². The highest BCUT2D eigenvalue weighted by Crippen LogP contribution is 2.16. The van der Waals surface area contributed by atoms with Crippen molar-refractivity contribution in [2.75, 3.05) is 32.7 Å². The van der Waals surface area contributed by atoms with Gasteiger partial charge in [0, 0.05) is 32.2 Å². The Morgan fingerprint density at radius 2 is 2.10 bits per heavy atom. The van der Waals surface area contributed by atoms with Gasteiger partial charge in [0.2, 0.25) is 0 Å². The lowest BCUT2D eigenvalue weighted by Gasteiger charge is -2.17. The molecule has 1 atom stereocenters. The van der Waals surface area contributed by atoms with Crippen LogP contribution in [-0.2, 0) is 13.0 Å². The van der Waals surface area contributed by atoms with Crippen LogP contribution in [0.25, 0.3) is 0 Å². The summed E-state index contributed by atoms with van der Waals surface area (Å²) in [5, 5.41) is 10.9. The molecule has 1 saturated heterocycles. The smallest absolute Gasteiger partial charge is 0.191 e. The number of hydrogen-bond donors (Lipinski definition) is 2. The van der Waals surface area contributed by atoms with Crippen LogP contribution in [0.3, 0.4) is 0 Å². The molecular formula is C23H35N5O. The number of aliphatic imine (C=N–C) groups is 1. The number of aromatic nitrogens is 1. The van der Waals surface area contributed by atoms with E-state index in [1.165, 1.54) is 18.5 Å². The van der Waals surface area contributed by atoms with Gasteiger partial charge >= 0.3 is 0 Å². The highest BCUT2D eigenvalue weighted by atomic mass is 16.5. The molecule has 158 valence electrons. The van der Waals surface area contributed by atoms with Crippen LogP contribution in [-0.4, -0.2) is 48.7 Å². The Morgan fingerprint density at radius 3 is 2.83 bits per heavy atom. The fraction of sp³-hybridized carbons (Fsp3) is 0.565. The molecule has 2 N–H and O–H groups in total. The van der Waals surface area contributed by atoms with E-state index in [0.717, 1.165) is 50.0 Å². The summed E-state index contributed by atoms with van der Waals surface area (Å²) in [6, 6.07) is 12.8. The van der Waals surface area contributed by atoms with Crippen molar-refractivity contribution in [3.8, 4) is 0 Å². The number of hydrogen-bond acceptors (Lipinski definition) is 4. The molecule has 0 aliphatic carbocycles. The molecule has 1 aliphatic rings. The topological polar surface area (TPSA) is 65.7 Å². The fourth-order valence-corrected chi connectivity index (χ4v) is 3.63. The summed E-state index contributed by atoms with van der Waals surface area (Å²) in [7, 11) is 0. The Hall–Kier alpha value is -2.34. The third-order valence-corrected chi connectivity index (χ3v) is 5.39. The molecule has 29 heavy (non-hydrogen) atoms. The van der Waals surface area contributed by atoms with Gasteiger partial charge in [0.15, 0.2) is 11.7 Å². The molecule has 2 heterocycles. The van der Waals surface area contributed by atoms with Crippen LogP contribution in [0.2, 0.25) is 0 Å². The van der Waals surface area contributed by atoms with Crippen molar-refractivity contribution in [2.45, 2.75) is 46.1 Å². The second-order valence-electron chi connectivity index (χ2n) is 8.14. The molecule has 1 fully saturated rings. The molecule has 3 rings (SSSR count). The highest BCUT2D eigenvalue weighted by molar-refractivity contribution is 5.79. The molecule has 6 nitrogen and oxygen atoms in total. The lowest BCUT2D eigenvalue weighted by Crippen LogP contribution is -2.40. The van der Waals surface area contributed by atoms with Crippen LogP contribution in [0.5, 0.6) is 0 Å². The largest absolute Gasteiger partial charge is 0.359 e. The minimum Gasteiger partial charge on any atom is -0.359 e. The Morgan fingerprint density at radius 1 is 1.28 bits per heavy atom. The Labute approximate surface area is 174 Å². The second kappa shape index (κ2) is 11.0. The maximum atomic E-state index is 5.39. The van der Waals surface area contributed by atoms with Crippen molar-refractivity contribution in [2.24, 2.45) is 10.9 Å². The summed E-state index contributed by atoms with van der Waals surface area (Å²) < 4.78 is 5.39. The number of rotatable bonds is 9. The van der Waals surface area contributed by atoms with Crippen molar-refractivity contribution in [1.29, 1.82) is 0 Å². The molecule has 0 bridgehead atoms. The number of guanidine groups is 1. The van der Waals surface area contributed by atoms with Crippen molar-refractivity contribution in [3.63, 3.8) is 0 Å². The second-order valence-corrected chi connectivity index (χ2v) is 8.14. The van der Waals surface area contributed by atoms with Crippen LogP contribution in [0, 0.1) is 5.92 Å². The van der Waals surface area contributed by atoms with E-state index >= 15 is 0 Å². The first-order valence-electron chi connectivity index (χ1n) is 10.9. The monoisotopic (exact) mass is 397 g/mol. The summed E-state index contributed by atoms with van der Waals surface area (Å²) in [5.74, 6) is 2.68. The van der Waals surface area contributed by atoms with Crippen LogP contribution in [0.15, 0.2) is 45.9 Å². The van der Waals surface area contributed by atoms with Crippen LogP contribution >= 0.6 is 0 Å². The predicted octanol–water partition coefficient (Wildman–Crippen LogP) is 3.42. The molecule has 1 aromatic carbocycles. The molecule has 6 heteroatoms. The zero-order chi connectivity index (χ0) is 20.5. The van der Waals surface area contributed by atoms with Crippen LogP contribution in [0.4, 0.5) is 0 Å². The molecule has 1 unspecified atom stereocenters. The van der Waals surface area contributed by atoms with E-state index < -0.39 is 0 Å². The maximum Gasteiger partial charge on any atom is 0.191 e. The van der Waals surface area contributed by atoms with Gasteiger partial charge in [-0.25, -0.2) is 4.99 Å². The van der Waals surface area contributed by atoms with Crippen molar-refractivity contribution in [3.05, 3.63) is 53.4 Å². The molecule has 0 radical (unpaired) electrons. The van der Waals surface area contributed by atoms with Gasteiger partial charge in [-0.15, -0.1) is 0 Å². The Balaban J connectivity index is 1.42. The molecule has 1 aliphatic heterocycles. The molecule has 0 saturated carbocycles. The van der Waals surface area contributed by atoms with E-state index in [4.69, 9.17) is 4.52 Å².